The molecule has 1 unspecified atom stereocenters. The van der Waals surface area contributed by atoms with E-state index in [0.717, 1.165) is 41.8 Å². The van der Waals surface area contributed by atoms with Crippen LogP contribution in [0.1, 0.15) is 30.0 Å². The fourth-order valence-electron chi connectivity index (χ4n) is 3.73. The van der Waals surface area contributed by atoms with Gasteiger partial charge in [0.05, 0.1) is 12.1 Å². The Morgan fingerprint density at radius 2 is 1.89 bits per heavy atom. The molecule has 1 amide bonds. The zero-order valence-corrected chi connectivity index (χ0v) is 15.5. The van der Waals surface area contributed by atoms with Gasteiger partial charge in [0, 0.05) is 43.2 Å². The van der Waals surface area contributed by atoms with E-state index in [9.17, 15) is 9.18 Å². The second-order valence-corrected chi connectivity index (χ2v) is 7.04. The molecule has 1 aliphatic heterocycles. The van der Waals surface area contributed by atoms with Gasteiger partial charge in [-0.25, -0.2) is 14.4 Å². The molecule has 1 aliphatic rings. The number of piperidine rings is 1. The van der Waals surface area contributed by atoms with Gasteiger partial charge < -0.3 is 4.90 Å². The molecule has 3 aromatic rings. The van der Waals surface area contributed by atoms with Crippen molar-refractivity contribution in [3.8, 4) is 11.1 Å². The van der Waals surface area contributed by atoms with Crippen molar-refractivity contribution in [3.63, 3.8) is 0 Å². The molecule has 0 bridgehead atoms. The lowest BCUT2D eigenvalue weighted by Gasteiger charge is -2.33. The maximum Gasteiger partial charge on any atom is 0.227 e. The van der Waals surface area contributed by atoms with Crippen molar-refractivity contribution in [1.82, 2.24) is 19.9 Å². The first-order valence-corrected chi connectivity index (χ1v) is 9.43. The number of hydrogen-bond acceptors (Lipinski definition) is 4. The number of halogens is 1. The van der Waals surface area contributed by atoms with Crippen LogP contribution >= 0.6 is 0 Å². The van der Waals surface area contributed by atoms with Crippen LogP contribution in [-0.4, -0.2) is 38.8 Å². The number of rotatable bonds is 4. The number of hydrogen-bond donors (Lipinski definition) is 0. The number of carbonyl (C=O) groups is 1. The third kappa shape index (κ3) is 4.06. The molecule has 142 valence electrons. The van der Waals surface area contributed by atoms with Crippen LogP contribution in [0.5, 0.6) is 0 Å². The van der Waals surface area contributed by atoms with Gasteiger partial charge in [-0.15, -0.1) is 0 Å². The molecule has 1 saturated heterocycles. The largest absolute Gasteiger partial charge is 0.342 e. The van der Waals surface area contributed by atoms with E-state index in [1.165, 1.54) is 12.1 Å². The smallest absolute Gasteiger partial charge is 0.227 e. The zero-order chi connectivity index (χ0) is 19.3. The lowest BCUT2D eigenvalue weighted by Crippen LogP contribution is -2.40. The molecule has 1 fully saturated rings. The molecule has 2 aromatic heterocycles. The molecular formula is C22H21FN4O. The van der Waals surface area contributed by atoms with Crippen molar-refractivity contribution in [2.75, 3.05) is 13.1 Å². The van der Waals surface area contributed by atoms with E-state index in [0.29, 0.717) is 6.54 Å². The minimum atomic E-state index is -0.290. The SMILES string of the molecule is O=C(Cc1ccc(F)cc1)N1CCCC(c2ncncc2-c2ccncc2)C1. The summed E-state index contributed by atoms with van der Waals surface area (Å²) in [5.74, 6) is -0.0606. The molecule has 6 heteroatoms. The maximum absolute atomic E-state index is 13.1. The van der Waals surface area contributed by atoms with Crippen LogP contribution in [0.2, 0.25) is 0 Å². The molecule has 5 nitrogen and oxygen atoms in total. The zero-order valence-electron chi connectivity index (χ0n) is 15.5. The van der Waals surface area contributed by atoms with Crippen molar-refractivity contribution in [3.05, 3.63) is 78.4 Å². The van der Waals surface area contributed by atoms with E-state index in [2.05, 4.69) is 15.0 Å². The topological polar surface area (TPSA) is 59.0 Å². The lowest BCUT2D eigenvalue weighted by molar-refractivity contribution is -0.131. The van der Waals surface area contributed by atoms with Gasteiger partial charge >= 0.3 is 0 Å². The summed E-state index contributed by atoms with van der Waals surface area (Å²) in [7, 11) is 0. The van der Waals surface area contributed by atoms with E-state index in [-0.39, 0.29) is 24.1 Å². The Balaban J connectivity index is 1.51. The number of aromatic nitrogens is 3. The van der Waals surface area contributed by atoms with E-state index in [1.54, 1.807) is 30.9 Å². The van der Waals surface area contributed by atoms with Gasteiger partial charge in [0.25, 0.3) is 0 Å². The van der Waals surface area contributed by atoms with Gasteiger partial charge in [0.2, 0.25) is 5.91 Å². The molecule has 0 radical (unpaired) electrons. The Bertz CT molecular complexity index is 946. The first-order valence-electron chi connectivity index (χ1n) is 9.43. The van der Waals surface area contributed by atoms with Gasteiger partial charge in [0.15, 0.2) is 0 Å². The molecule has 4 rings (SSSR count). The fraction of sp³-hybridized carbons (Fsp3) is 0.273. The summed E-state index contributed by atoms with van der Waals surface area (Å²) >= 11 is 0. The van der Waals surface area contributed by atoms with E-state index >= 15 is 0 Å². The predicted octanol–water partition coefficient (Wildman–Crippen LogP) is 3.63. The van der Waals surface area contributed by atoms with Crippen molar-refractivity contribution < 1.29 is 9.18 Å². The third-order valence-corrected chi connectivity index (χ3v) is 5.16. The molecule has 1 aromatic carbocycles. The number of pyridine rings is 1. The molecule has 0 aliphatic carbocycles. The third-order valence-electron chi connectivity index (χ3n) is 5.16. The van der Waals surface area contributed by atoms with Crippen LogP contribution in [0, 0.1) is 5.82 Å². The van der Waals surface area contributed by atoms with E-state index in [1.807, 2.05) is 23.2 Å². The predicted molar refractivity (Wildman–Crippen MR) is 104 cm³/mol. The van der Waals surface area contributed by atoms with Gasteiger partial charge in [-0.3, -0.25) is 9.78 Å². The molecule has 0 spiro atoms. The van der Waals surface area contributed by atoms with E-state index in [4.69, 9.17) is 0 Å². The number of carbonyl (C=O) groups excluding carboxylic acids is 1. The Morgan fingerprint density at radius 1 is 1.11 bits per heavy atom. The normalized spacial score (nSPS) is 16.8. The Morgan fingerprint density at radius 3 is 2.68 bits per heavy atom. The highest BCUT2D eigenvalue weighted by molar-refractivity contribution is 5.79. The summed E-state index contributed by atoms with van der Waals surface area (Å²) in [6.45, 7) is 1.38. The summed E-state index contributed by atoms with van der Waals surface area (Å²) in [5, 5.41) is 0. The minimum absolute atomic E-state index is 0.0656. The monoisotopic (exact) mass is 376 g/mol. The molecule has 0 N–H and O–H groups in total. The summed E-state index contributed by atoms with van der Waals surface area (Å²) in [4.78, 5) is 27.5. The highest BCUT2D eigenvalue weighted by Crippen LogP contribution is 2.32. The average molecular weight is 376 g/mol. The highest BCUT2D eigenvalue weighted by Gasteiger charge is 2.27. The fourth-order valence-corrected chi connectivity index (χ4v) is 3.73. The van der Waals surface area contributed by atoms with Crippen molar-refractivity contribution in [2.45, 2.75) is 25.2 Å². The number of nitrogens with zero attached hydrogens (tertiary/aromatic N) is 4. The Labute approximate surface area is 163 Å². The number of benzene rings is 1. The van der Waals surface area contributed by atoms with Crippen LogP contribution in [0.3, 0.4) is 0 Å². The molecule has 3 heterocycles. The first kappa shape index (κ1) is 18.2. The van der Waals surface area contributed by atoms with Crippen molar-refractivity contribution >= 4 is 5.91 Å². The molecule has 0 saturated carbocycles. The minimum Gasteiger partial charge on any atom is -0.342 e. The average Bonchev–Trinajstić information content (AvgIpc) is 2.76. The van der Waals surface area contributed by atoms with Crippen LogP contribution in [0.15, 0.2) is 61.3 Å². The molecular weight excluding hydrogens is 355 g/mol. The van der Waals surface area contributed by atoms with Gasteiger partial charge in [-0.1, -0.05) is 12.1 Å². The Hall–Kier alpha value is -3.15. The number of amides is 1. The summed E-state index contributed by atoms with van der Waals surface area (Å²) < 4.78 is 13.1. The second kappa shape index (κ2) is 8.25. The van der Waals surface area contributed by atoms with Crippen molar-refractivity contribution in [2.24, 2.45) is 0 Å². The Kier molecular flexibility index (Phi) is 5.37. The highest BCUT2D eigenvalue weighted by atomic mass is 19.1. The van der Waals surface area contributed by atoms with Crippen molar-refractivity contribution in [1.29, 1.82) is 0 Å². The van der Waals surface area contributed by atoms with Gasteiger partial charge in [-0.05, 0) is 48.2 Å². The quantitative estimate of drug-likeness (QED) is 0.698. The van der Waals surface area contributed by atoms with Gasteiger partial charge in [0.1, 0.15) is 12.1 Å². The first-order chi connectivity index (χ1) is 13.7. The van der Waals surface area contributed by atoms with Crippen LogP contribution in [0.4, 0.5) is 4.39 Å². The number of likely N-dealkylation sites (tertiary alicyclic amines) is 1. The van der Waals surface area contributed by atoms with Crippen LogP contribution < -0.4 is 0 Å². The second-order valence-electron chi connectivity index (χ2n) is 7.04. The molecule has 1 atom stereocenters. The van der Waals surface area contributed by atoms with Gasteiger partial charge in [-0.2, -0.15) is 0 Å². The summed E-state index contributed by atoms with van der Waals surface area (Å²) in [5.41, 5.74) is 3.82. The lowest BCUT2D eigenvalue weighted by atomic mass is 9.90. The summed E-state index contributed by atoms with van der Waals surface area (Å²) in [6, 6.07) is 10.0. The van der Waals surface area contributed by atoms with Crippen LogP contribution in [0.25, 0.3) is 11.1 Å². The molecule has 28 heavy (non-hydrogen) atoms. The summed E-state index contributed by atoms with van der Waals surface area (Å²) in [6.07, 6.45) is 9.11. The maximum atomic E-state index is 13.1. The standard InChI is InChI=1S/C22H21FN4O/c23-19-5-3-16(4-6-19)12-21(28)27-11-1-2-18(14-27)22-20(13-25-15-26-22)17-7-9-24-10-8-17/h3-10,13,15,18H,1-2,11-12,14H2. The van der Waals surface area contributed by atoms with Crippen LogP contribution in [-0.2, 0) is 11.2 Å². The van der Waals surface area contributed by atoms with E-state index < -0.39 is 0 Å².